The van der Waals surface area contributed by atoms with Gasteiger partial charge in [0.1, 0.15) is 12.1 Å². The minimum atomic E-state index is -0.0124. The van der Waals surface area contributed by atoms with Crippen molar-refractivity contribution in [2.45, 2.75) is 26.2 Å². The molecular formula is C20H24N6O. The Morgan fingerprint density at radius 1 is 1.30 bits per heavy atom. The molecule has 2 aromatic heterocycles. The van der Waals surface area contributed by atoms with Crippen molar-refractivity contribution in [1.82, 2.24) is 24.9 Å². The summed E-state index contributed by atoms with van der Waals surface area (Å²) in [5.74, 6) is 1.68. The molecule has 0 radical (unpaired) electrons. The predicted octanol–water partition coefficient (Wildman–Crippen LogP) is 2.01. The molecule has 3 aromatic rings. The van der Waals surface area contributed by atoms with E-state index in [1.54, 1.807) is 4.52 Å². The number of hydrogen-bond donors (Lipinski definition) is 1. The average Bonchev–Trinajstić information content (AvgIpc) is 3.16. The van der Waals surface area contributed by atoms with Gasteiger partial charge in [-0.05, 0) is 31.7 Å². The number of aryl methyl sites for hydroxylation is 1. The van der Waals surface area contributed by atoms with Crippen molar-refractivity contribution in [2.24, 2.45) is 5.92 Å². The number of piperidine rings is 1. The van der Waals surface area contributed by atoms with Crippen molar-refractivity contribution in [3.8, 4) is 0 Å². The number of amides is 1. The van der Waals surface area contributed by atoms with Crippen LogP contribution in [-0.4, -0.2) is 45.1 Å². The molecule has 1 aliphatic rings. The first-order valence-electron chi connectivity index (χ1n) is 9.44. The molecule has 1 amide bonds. The largest absolute Gasteiger partial charge is 0.356 e. The third kappa shape index (κ3) is 3.92. The Kier molecular flexibility index (Phi) is 5.00. The summed E-state index contributed by atoms with van der Waals surface area (Å²) in [4.78, 5) is 23.5. The van der Waals surface area contributed by atoms with Crippen LogP contribution in [0.4, 0.5) is 5.82 Å². The molecule has 27 heavy (non-hydrogen) atoms. The molecule has 0 bridgehead atoms. The third-order valence-corrected chi connectivity index (χ3v) is 5.03. The SMILES string of the molecule is Cc1cc(N2CCC[C@H](C(=O)NCCc3ccccc3)C2)n2ncnc2n1. The summed E-state index contributed by atoms with van der Waals surface area (Å²) in [5.41, 5.74) is 2.14. The monoisotopic (exact) mass is 364 g/mol. The van der Waals surface area contributed by atoms with Crippen LogP contribution in [0, 0.1) is 12.8 Å². The Morgan fingerprint density at radius 3 is 3.00 bits per heavy atom. The first kappa shape index (κ1) is 17.5. The predicted molar refractivity (Wildman–Crippen MR) is 104 cm³/mol. The summed E-state index contributed by atoms with van der Waals surface area (Å²) in [7, 11) is 0. The fraction of sp³-hybridized carbons (Fsp3) is 0.400. The van der Waals surface area contributed by atoms with Gasteiger partial charge in [-0.1, -0.05) is 30.3 Å². The van der Waals surface area contributed by atoms with Gasteiger partial charge in [0.25, 0.3) is 5.78 Å². The maximum Gasteiger partial charge on any atom is 0.254 e. The highest BCUT2D eigenvalue weighted by Crippen LogP contribution is 2.24. The van der Waals surface area contributed by atoms with Crippen molar-refractivity contribution < 1.29 is 4.79 Å². The quantitative estimate of drug-likeness (QED) is 0.749. The van der Waals surface area contributed by atoms with Crippen LogP contribution in [0.2, 0.25) is 0 Å². The van der Waals surface area contributed by atoms with Gasteiger partial charge in [-0.2, -0.15) is 14.6 Å². The molecule has 0 unspecified atom stereocenters. The first-order chi connectivity index (χ1) is 13.2. The molecule has 7 heteroatoms. The average molecular weight is 364 g/mol. The van der Waals surface area contributed by atoms with Crippen LogP contribution in [-0.2, 0) is 11.2 Å². The van der Waals surface area contributed by atoms with E-state index < -0.39 is 0 Å². The van der Waals surface area contributed by atoms with Crippen molar-refractivity contribution >= 4 is 17.5 Å². The molecule has 1 aromatic carbocycles. The third-order valence-electron chi connectivity index (χ3n) is 5.03. The van der Waals surface area contributed by atoms with Crippen LogP contribution in [0.3, 0.4) is 0 Å². The van der Waals surface area contributed by atoms with Gasteiger partial charge in [-0.15, -0.1) is 0 Å². The van der Waals surface area contributed by atoms with Crippen LogP contribution in [0.15, 0.2) is 42.7 Å². The Hall–Kier alpha value is -2.96. The fourth-order valence-corrected chi connectivity index (χ4v) is 3.65. The number of rotatable bonds is 5. The maximum atomic E-state index is 12.7. The van der Waals surface area contributed by atoms with Gasteiger partial charge >= 0.3 is 0 Å². The molecule has 1 aliphatic heterocycles. The highest BCUT2D eigenvalue weighted by molar-refractivity contribution is 5.79. The standard InChI is InChI=1S/C20H24N6O/c1-15-12-18(26-20(24-15)22-14-23-26)25-11-5-8-17(13-25)19(27)21-10-9-16-6-3-2-4-7-16/h2-4,6-7,12,14,17H,5,8-11,13H2,1H3,(H,21,27)/t17-/m0/s1. The molecule has 0 saturated carbocycles. The van der Waals surface area contributed by atoms with Gasteiger partial charge in [-0.3, -0.25) is 4.79 Å². The molecule has 4 rings (SSSR count). The van der Waals surface area contributed by atoms with E-state index in [-0.39, 0.29) is 11.8 Å². The van der Waals surface area contributed by atoms with E-state index in [2.05, 4.69) is 37.4 Å². The number of aromatic nitrogens is 4. The van der Waals surface area contributed by atoms with Crippen molar-refractivity contribution in [2.75, 3.05) is 24.5 Å². The van der Waals surface area contributed by atoms with Gasteiger partial charge in [0.2, 0.25) is 5.91 Å². The number of hydrogen-bond acceptors (Lipinski definition) is 5. The van der Waals surface area contributed by atoms with Gasteiger partial charge < -0.3 is 10.2 Å². The van der Waals surface area contributed by atoms with Gasteiger partial charge in [0.05, 0.1) is 5.92 Å². The number of benzene rings is 1. The summed E-state index contributed by atoms with van der Waals surface area (Å²) in [6, 6.07) is 12.2. The van der Waals surface area contributed by atoms with Crippen LogP contribution >= 0.6 is 0 Å². The minimum absolute atomic E-state index is 0.0124. The Morgan fingerprint density at radius 2 is 2.15 bits per heavy atom. The van der Waals surface area contributed by atoms with E-state index in [0.29, 0.717) is 18.9 Å². The molecule has 7 nitrogen and oxygen atoms in total. The van der Waals surface area contributed by atoms with Crippen LogP contribution in [0.25, 0.3) is 5.78 Å². The van der Waals surface area contributed by atoms with E-state index >= 15 is 0 Å². The zero-order chi connectivity index (χ0) is 18.6. The number of fused-ring (bicyclic) bond motifs is 1. The molecule has 1 atom stereocenters. The van der Waals surface area contributed by atoms with E-state index in [4.69, 9.17) is 0 Å². The van der Waals surface area contributed by atoms with Crippen molar-refractivity contribution in [1.29, 1.82) is 0 Å². The van der Waals surface area contributed by atoms with E-state index in [9.17, 15) is 4.79 Å². The van der Waals surface area contributed by atoms with Crippen molar-refractivity contribution in [3.05, 3.63) is 54.0 Å². The molecule has 3 heterocycles. The van der Waals surface area contributed by atoms with E-state index in [0.717, 1.165) is 37.3 Å². The lowest BCUT2D eigenvalue weighted by Crippen LogP contribution is -2.44. The molecule has 0 aliphatic carbocycles. The van der Waals surface area contributed by atoms with Crippen LogP contribution < -0.4 is 10.2 Å². The molecular weight excluding hydrogens is 340 g/mol. The van der Waals surface area contributed by atoms with E-state index in [1.807, 2.05) is 31.2 Å². The Bertz CT molecular complexity index is 923. The van der Waals surface area contributed by atoms with Crippen LogP contribution in [0.5, 0.6) is 0 Å². The Balaban J connectivity index is 1.40. The lowest BCUT2D eigenvalue weighted by atomic mass is 9.97. The van der Waals surface area contributed by atoms with Gasteiger partial charge in [0.15, 0.2) is 0 Å². The smallest absolute Gasteiger partial charge is 0.254 e. The zero-order valence-electron chi connectivity index (χ0n) is 15.5. The fourth-order valence-electron chi connectivity index (χ4n) is 3.65. The summed E-state index contributed by atoms with van der Waals surface area (Å²) < 4.78 is 1.75. The number of carbonyl (C=O) groups is 1. The highest BCUT2D eigenvalue weighted by atomic mass is 16.1. The summed E-state index contributed by atoms with van der Waals surface area (Å²) >= 11 is 0. The molecule has 1 saturated heterocycles. The van der Waals surface area contributed by atoms with E-state index in [1.165, 1.54) is 11.9 Å². The topological polar surface area (TPSA) is 75.4 Å². The number of nitrogens with zero attached hydrogens (tertiary/aromatic N) is 5. The molecule has 140 valence electrons. The molecule has 1 N–H and O–H groups in total. The lowest BCUT2D eigenvalue weighted by Gasteiger charge is -2.33. The van der Waals surface area contributed by atoms with Crippen LogP contribution in [0.1, 0.15) is 24.1 Å². The molecule has 0 spiro atoms. The number of carbonyl (C=O) groups excluding carboxylic acids is 1. The second-order valence-electron chi connectivity index (χ2n) is 7.04. The van der Waals surface area contributed by atoms with Crippen molar-refractivity contribution in [3.63, 3.8) is 0 Å². The normalized spacial score (nSPS) is 17.2. The summed E-state index contributed by atoms with van der Waals surface area (Å²) in [5, 5.41) is 7.39. The second kappa shape index (κ2) is 7.73. The first-order valence-corrected chi connectivity index (χ1v) is 9.44. The second-order valence-corrected chi connectivity index (χ2v) is 7.04. The molecule has 1 fully saturated rings. The summed E-state index contributed by atoms with van der Waals surface area (Å²) in [6.45, 7) is 4.22. The Labute approximate surface area is 158 Å². The highest BCUT2D eigenvalue weighted by Gasteiger charge is 2.27. The maximum absolute atomic E-state index is 12.7. The van der Waals surface area contributed by atoms with Gasteiger partial charge in [0, 0.05) is 31.4 Å². The lowest BCUT2D eigenvalue weighted by molar-refractivity contribution is -0.125. The zero-order valence-corrected chi connectivity index (χ0v) is 15.5. The number of nitrogens with one attached hydrogen (secondary N) is 1. The van der Waals surface area contributed by atoms with Gasteiger partial charge in [-0.25, -0.2) is 4.98 Å². The number of anilines is 1. The summed E-state index contributed by atoms with van der Waals surface area (Å²) in [6.07, 6.45) is 4.27. The minimum Gasteiger partial charge on any atom is -0.356 e.